The van der Waals surface area contributed by atoms with Crippen LogP contribution in [-0.4, -0.2) is 17.5 Å². The van der Waals surface area contributed by atoms with Gasteiger partial charge in [0.05, 0.1) is 0 Å². The summed E-state index contributed by atoms with van der Waals surface area (Å²) in [5.74, 6) is 3.04. The van der Waals surface area contributed by atoms with Crippen molar-refractivity contribution in [1.82, 2.24) is 0 Å². The summed E-state index contributed by atoms with van der Waals surface area (Å²) in [7, 11) is 8.87. The Balaban J connectivity index is 0.00000128. The summed E-state index contributed by atoms with van der Waals surface area (Å²) in [4.78, 5) is 14.3. The van der Waals surface area contributed by atoms with E-state index in [1.807, 2.05) is 30.3 Å². The molecule has 0 amide bonds. The zero-order chi connectivity index (χ0) is 31.3. The predicted molar refractivity (Wildman–Crippen MR) is 197 cm³/mol. The first kappa shape index (κ1) is 33.3. The van der Waals surface area contributed by atoms with Gasteiger partial charge in [0.25, 0.3) is 0 Å². The van der Waals surface area contributed by atoms with E-state index in [4.69, 9.17) is 19.1 Å². The van der Waals surface area contributed by atoms with Crippen molar-refractivity contribution < 1.29 is 20.7 Å². The molecule has 0 aliphatic rings. The van der Waals surface area contributed by atoms with E-state index < -0.39 is 14.8 Å². The molecule has 1 nitrogen and oxygen atoms in total. The third kappa shape index (κ3) is 8.61. The van der Waals surface area contributed by atoms with E-state index in [1.54, 1.807) is 0 Å². The van der Waals surface area contributed by atoms with Crippen molar-refractivity contribution in [2.24, 2.45) is 0 Å². The van der Waals surface area contributed by atoms with Gasteiger partial charge in [-0.2, -0.15) is 0 Å². The van der Waals surface area contributed by atoms with Crippen molar-refractivity contribution in [3.63, 3.8) is 0 Å². The number of hydrogen-bond acceptors (Lipinski definition) is 1. The van der Waals surface area contributed by atoms with Gasteiger partial charge in [0.2, 0.25) is 0 Å². The average molecular weight is 756 g/mol. The van der Waals surface area contributed by atoms with Crippen molar-refractivity contribution in [2.75, 3.05) is 5.90 Å². The van der Waals surface area contributed by atoms with Crippen LogP contribution in [0.25, 0.3) is 11.1 Å². The molecule has 0 unspecified atom stereocenters. The van der Waals surface area contributed by atoms with Crippen LogP contribution < -0.4 is 21.2 Å². The molecule has 0 aromatic heterocycles. The monoisotopic (exact) mass is 754 g/mol. The Morgan fingerprint density at radius 2 is 0.889 bits per heavy atom. The van der Waals surface area contributed by atoms with Gasteiger partial charge in [-0.15, -0.1) is 0 Å². The number of hydrogen-bond donors (Lipinski definition) is 0. The standard InChI is InChI=1S/C39H32OP2.2ClH.Pd/c40-39(34-28-26-33(27-29-34)32-16-6-1-7-17-32)30-42(37-22-12-4-13-23-37,38-24-14-5-15-25-38)31-41(35-18-8-2-9-19-35)36-20-10-3-11-21-36;;;/h1-30H,31H2;2*1H;/q;;;+2/p-2. The van der Waals surface area contributed by atoms with Crippen LogP contribution in [0.15, 0.2) is 176 Å². The van der Waals surface area contributed by atoms with E-state index in [2.05, 4.69) is 151 Å². The zero-order valence-electron chi connectivity index (χ0n) is 24.4. The molecule has 0 saturated carbocycles. The summed E-state index contributed by atoms with van der Waals surface area (Å²) < 4.78 is 0. The Labute approximate surface area is 284 Å². The molecular weight excluding hydrogens is 724 g/mol. The van der Waals surface area contributed by atoms with E-state index in [1.165, 1.54) is 21.2 Å². The number of ketones is 1. The summed E-state index contributed by atoms with van der Waals surface area (Å²) in [5.41, 5.74) is 2.97. The number of benzene rings is 6. The Kier molecular flexibility index (Phi) is 12.6. The molecule has 6 heteroatoms. The fraction of sp³-hybridized carbons (Fsp3) is 0.0256. The fourth-order valence-electron chi connectivity index (χ4n) is 5.37. The molecule has 0 saturated heterocycles. The molecule has 6 rings (SSSR count). The maximum absolute atomic E-state index is 14.3. The molecule has 0 heterocycles. The fourth-order valence-corrected chi connectivity index (χ4v) is 14.0. The van der Waals surface area contributed by atoms with Crippen molar-refractivity contribution in [2.45, 2.75) is 0 Å². The van der Waals surface area contributed by atoms with E-state index in [-0.39, 0.29) is 21.7 Å². The second-order valence-corrected chi connectivity index (χ2v) is 18.7. The topological polar surface area (TPSA) is 17.1 Å². The van der Waals surface area contributed by atoms with Gasteiger partial charge in [-0.3, -0.25) is 4.79 Å². The van der Waals surface area contributed by atoms with Crippen molar-refractivity contribution in [1.29, 1.82) is 0 Å². The van der Waals surface area contributed by atoms with Crippen molar-refractivity contribution >= 4 is 66.7 Å². The summed E-state index contributed by atoms with van der Waals surface area (Å²) in [6.45, 7) is -2.33. The molecule has 0 bridgehead atoms. The van der Waals surface area contributed by atoms with Gasteiger partial charge in [-0.1, -0.05) is 176 Å². The Hall–Kier alpha value is -3.04. The molecule has 0 N–H and O–H groups in total. The Morgan fingerprint density at radius 1 is 0.533 bits per heavy atom. The molecule has 6 aromatic rings. The number of Topliss-reactive ketones (excluding diaryl/α,β-unsaturated/α-hetero) is 1. The normalized spacial score (nSPS) is 11.0. The van der Waals surface area contributed by atoms with Crippen LogP contribution in [0.1, 0.15) is 10.4 Å². The molecule has 0 aliphatic carbocycles. The van der Waals surface area contributed by atoms with E-state index in [9.17, 15) is 4.79 Å². The second-order valence-electron chi connectivity index (χ2n) is 10.3. The molecular formula is C39H32Cl2OP2Pd. The summed E-state index contributed by atoms with van der Waals surface area (Å²) >= 11 is -0.106. The molecule has 45 heavy (non-hydrogen) atoms. The second kappa shape index (κ2) is 17.0. The Morgan fingerprint density at radius 3 is 1.31 bits per heavy atom. The summed E-state index contributed by atoms with van der Waals surface area (Å²) in [6, 6.07) is 61.4. The van der Waals surface area contributed by atoms with Crippen LogP contribution in [0, 0.1) is 0 Å². The van der Waals surface area contributed by atoms with Crippen molar-refractivity contribution in [3.05, 3.63) is 181 Å². The molecule has 0 radical (unpaired) electrons. The van der Waals surface area contributed by atoms with Gasteiger partial charge in [0.15, 0.2) is 5.78 Å². The SMILES string of the molecule is O=C(C=P(CP(c1ccccc1)c1ccccc1)(c1ccccc1)c1ccccc1)c1ccc(-c2ccccc2)cc1.[Cl][Pd][Cl]. The quantitative estimate of drug-likeness (QED) is 0.0817. The number of carbonyl (C=O) groups is 1. The maximum atomic E-state index is 14.3. The van der Waals surface area contributed by atoms with Gasteiger partial charge in [-0.25, -0.2) is 0 Å². The number of carbonyl (C=O) groups excluding carboxylic acids is 1. The van der Waals surface area contributed by atoms with E-state index in [0.717, 1.165) is 22.6 Å². The molecule has 6 aromatic carbocycles. The molecule has 0 atom stereocenters. The van der Waals surface area contributed by atoms with Gasteiger partial charge < -0.3 is 0 Å². The van der Waals surface area contributed by atoms with Crippen LogP contribution in [0.3, 0.4) is 0 Å². The van der Waals surface area contributed by atoms with Gasteiger partial charge in [0, 0.05) is 11.5 Å². The zero-order valence-corrected chi connectivity index (χ0v) is 29.3. The van der Waals surface area contributed by atoms with Crippen molar-refractivity contribution in [3.8, 4) is 11.1 Å². The summed E-state index contributed by atoms with van der Waals surface area (Å²) in [6.07, 6.45) is 0. The molecule has 0 aliphatic heterocycles. The van der Waals surface area contributed by atoms with Gasteiger partial charge in [-0.05, 0) is 52.9 Å². The molecule has 0 spiro atoms. The first-order valence-electron chi connectivity index (χ1n) is 14.4. The first-order chi connectivity index (χ1) is 22.1. The van der Waals surface area contributed by atoms with Crippen LogP contribution in [0.5, 0.6) is 0 Å². The van der Waals surface area contributed by atoms with Crippen LogP contribution in [0.4, 0.5) is 0 Å². The average Bonchev–Trinajstić information content (AvgIpc) is 3.12. The van der Waals surface area contributed by atoms with Crippen LogP contribution >= 0.6 is 33.9 Å². The number of rotatable bonds is 9. The third-order valence-corrected chi connectivity index (χ3v) is 15.4. The molecule has 0 fully saturated rings. The van der Waals surface area contributed by atoms with E-state index in [0.29, 0.717) is 0 Å². The Bertz CT molecular complexity index is 1740. The first-order valence-corrected chi connectivity index (χ1v) is 22.0. The van der Waals surface area contributed by atoms with Crippen LogP contribution in [-0.2, 0) is 15.9 Å². The van der Waals surface area contributed by atoms with Crippen LogP contribution in [0.2, 0.25) is 0 Å². The predicted octanol–water partition coefficient (Wildman–Crippen LogP) is 9.47. The third-order valence-electron chi connectivity index (χ3n) is 7.55. The summed E-state index contributed by atoms with van der Waals surface area (Å²) in [5, 5.41) is 5.10. The number of halogens is 2. The molecule has 228 valence electrons. The van der Waals surface area contributed by atoms with Gasteiger partial charge >= 0.3 is 35.0 Å². The minimum atomic E-state index is -2.33. The van der Waals surface area contributed by atoms with Gasteiger partial charge in [0.1, 0.15) is 0 Å². The minimum absolute atomic E-state index is 0.0757. The van der Waals surface area contributed by atoms with E-state index >= 15 is 0 Å².